The molecule has 1 amide bonds. The molecule has 1 aromatic carbocycles. The molecule has 2 rings (SSSR count). The number of hydrogen-bond acceptors (Lipinski definition) is 3. The molecule has 142 valence electrons. The summed E-state index contributed by atoms with van der Waals surface area (Å²) in [4.78, 5) is 20.2. The third kappa shape index (κ3) is 7.63. The van der Waals surface area contributed by atoms with Gasteiger partial charge in [-0.2, -0.15) is 11.3 Å². The first-order valence-electron chi connectivity index (χ1n) is 7.91. The van der Waals surface area contributed by atoms with Crippen LogP contribution < -0.4 is 5.32 Å². The van der Waals surface area contributed by atoms with Gasteiger partial charge in [0.1, 0.15) is 0 Å². The van der Waals surface area contributed by atoms with E-state index in [0.29, 0.717) is 12.5 Å². The number of halogens is 2. The van der Waals surface area contributed by atoms with Crippen LogP contribution in [0.1, 0.15) is 11.1 Å². The van der Waals surface area contributed by atoms with Crippen LogP contribution in [0.4, 0.5) is 0 Å². The average molecular weight is 551 g/mol. The summed E-state index contributed by atoms with van der Waals surface area (Å²) in [5.74, 6) is 0.726. The number of benzene rings is 1. The maximum atomic E-state index is 11.9. The van der Waals surface area contributed by atoms with Gasteiger partial charge in [0.15, 0.2) is 5.96 Å². The highest BCUT2D eigenvalue weighted by Gasteiger charge is 2.11. The lowest BCUT2D eigenvalue weighted by molar-refractivity contribution is -0.127. The number of rotatable bonds is 6. The van der Waals surface area contributed by atoms with Crippen molar-refractivity contribution in [2.24, 2.45) is 4.99 Å². The lowest BCUT2D eigenvalue weighted by Crippen LogP contribution is -2.43. The van der Waals surface area contributed by atoms with Crippen molar-refractivity contribution in [1.29, 1.82) is 0 Å². The molecule has 0 saturated heterocycles. The van der Waals surface area contributed by atoms with E-state index in [9.17, 15) is 4.79 Å². The van der Waals surface area contributed by atoms with Gasteiger partial charge in [-0.15, -0.1) is 24.0 Å². The highest BCUT2D eigenvalue weighted by atomic mass is 127. The van der Waals surface area contributed by atoms with Gasteiger partial charge in [0.25, 0.3) is 0 Å². The normalized spacial score (nSPS) is 10.8. The van der Waals surface area contributed by atoms with E-state index in [1.807, 2.05) is 36.2 Å². The summed E-state index contributed by atoms with van der Waals surface area (Å²) in [5.41, 5.74) is 2.34. The largest absolute Gasteiger partial charge is 0.347 e. The van der Waals surface area contributed by atoms with E-state index in [1.165, 1.54) is 5.56 Å². The summed E-state index contributed by atoms with van der Waals surface area (Å²) in [5, 5.41) is 7.35. The molecule has 2 aromatic rings. The molecule has 26 heavy (non-hydrogen) atoms. The molecule has 0 unspecified atom stereocenters. The van der Waals surface area contributed by atoms with Crippen molar-refractivity contribution in [2.75, 3.05) is 27.7 Å². The number of thiophene rings is 1. The first kappa shape index (κ1) is 22.9. The van der Waals surface area contributed by atoms with Crippen LogP contribution in [0.2, 0.25) is 0 Å². The Labute approximate surface area is 184 Å². The average Bonchev–Trinajstić information content (AvgIpc) is 3.08. The number of likely N-dealkylation sites (N-methyl/N-ethyl adjacent to an activating group) is 1. The topological polar surface area (TPSA) is 47.9 Å². The second-order valence-corrected chi connectivity index (χ2v) is 7.59. The van der Waals surface area contributed by atoms with Crippen molar-refractivity contribution in [1.82, 2.24) is 15.1 Å². The van der Waals surface area contributed by atoms with Gasteiger partial charge >= 0.3 is 0 Å². The summed E-state index contributed by atoms with van der Waals surface area (Å²) in [6, 6.07) is 10.2. The van der Waals surface area contributed by atoms with Crippen molar-refractivity contribution in [2.45, 2.75) is 13.1 Å². The molecule has 0 aliphatic rings. The zero-order valence-electron chi connectivity index (χ0n) is 15.1. The van der Waals surface area contributed by atoms with E-state index in [1.54, 1.807) is 30.3 Å². The van der Waals surface area contributed by atoms with E-state index in [0.717, 1.165) is 16.6 Å². The molecule has 0 aliphatic carbocycles. The van der Waals surface area contributed by atoms with E-state index >= 15 is 0 Å². The van der Waals surface area contributed by atoms with Crippen LogP contribution in [0.5, 0.6) is 0 Å². The number of carbonyl (C=O) groups excluding carboxylic acids is 1. The quantitative estimate of drug-likeness (QED) is 0.338. The molecule has 0 aliphatic heterocycles. The minimum absolute atomic E-state index is 0. The van der Waals surface area contributed by atoms with E-state index in [4.69, 9.17) is 0 Å². The molecule has 1 aromatic heterocycles. The third-order valence-electron chi connectivity index (χ3n) is 3.58. The molecule has 0 atom stereocenters. The number of hydrogen-bond donors (Lipinski definition) is 1. The van der Waals surface area contributed by atoms with Crippen LogP contribution in [-0.2, 0) is 17.9 Å². The molecular weight excluding hydrogens is 527 g/mol. The lowest BCUT2D eigenvalue weighted by Gasteiger charge is -2.22. The van der Waals surface area contributed by atoms with Gasteiger partial charge in [0.2, 0.25) is 5.91 Å². The Hall–Kier alpha value is -1.13. The molecule has 0 radical (unpaired) electrons. The standard InChI is InChI=1S/C18H23BrN4OS.HI/c1-22(2)17(24)11-21-18(23(3)12-15-8-9-25-13-15)20-10-14-4-6-16(19)7-5-14;/h4-9,13H,10-12H2,1-3H3,(H,20,21);1H. The van der Waals surface area contributed by atoms with Crippen LogP contribution >= 0.6 is 51.2 Å². The molecule has 5 nitrogen and oxygen atoms in total. The van der Waals surface area contributed by atoms with Gasteiger partial charge in [-0.05, 0) is 40.1 Å². The molecule has 1 heterocycles. The van der Waals surface area contributed by atoms with Crippen LogP contribution in [-0.4, -0.2) is 49.4 Å². The fourth-order valence-electron chi connectivity index (χ4n) is 2.11. The maximum absolute atomic E-state index is 11.9. The highest BCUT2D eigenvalue weighted by Crippen LogP contribution is 2.12. The number of nitrogens with one attached hydrogen (secondary N) is 1. The Bertz CT molecular complexity index is 704. The Morgan fingerprint density at radius 1 is 1.15 bits per heavy atom. The smallest absolute Gasteiger partial charge is 0.241 e. The monoisotopic (exact) mass is 550 g/mol. The van der Waals surface area contributed by atoms with E-state index < -0.39 is 0 Å². The zero-order valence-corrected chi connectivity index (χ0v) is 19.8. The summed E-state index contributed by atoms with van der Waals surface area (Å²) in [7, 11) is 5.47. The third-order valence-corrected chi connectivity index (χ3v) is 4.84. The van der Waals surface area contributed by atoms with E-state index in [2.05, 4.69) is 43.1 Å². The predicted molar refractivity (Wildman–Crippen MR) is 123 cm³/mol. The Morgan fingerprint density at radius 2 is 1.85 bits per heavy atom. The molecule has 0 spiro atoms. The van der Waals surface area contributed by atoms with Crippen LogP contribution in [0.15, 0.2) is 50.6 Å². The highest BCUT2D eigenvalue weighted by molar-refractivity contribution is 14.0. The van der Waals surface area contributed by atoms with Crippen molar-refractivity contribution in [3.63, 3.8) is 0 Å². The van der Waals surface area contributed by atoms with Crippen LogP contribution in [0.25, 0.3) is 0 Å². The van der Waals surface area contributed by atoms with Crippen molar-refractivity contribution in [3.05, 3.63) is 56.7 Å². The molecule has 1 N–H and O–H groups in total. The zero-order chi connectivity index (χ0) is 18.2. The van der Waals surface area contributed by atoms with Gasteiger partial charge in [-0.25, -0.2) is 4.99 Å². The van der Waals surface area contributed by atoms with Gasteiger partial charge in [-0.1, -0.05) is 28.1 Å². The van der Waals surface area contributed by atoms with Crippen molar-refractivity contribution in [3.8, 4) is 0 Å². The number of amides is 1. The van der Waals surface area contributed by atoms with Gasteiger partial charge in [0.05, 0.1) is 13.1 Å². The molecule has 8 heteroatoms. The second kappa shape index (κ2) is 11.6. The number of guanidine groups is 1. The van der Waals surface area contributed by atoms with Gasteiger partial charge in [-0.3, -0.25) is 4.79 Å². The van der Waals surface area contributed by atoms with Crippen molar-refractivity contribution < 1.29 is 4.79 Å². The summed E-state index contributed by atoms with van der Waals surface area (Å²) in [6.45, 7) is 1.52. The molecule has 0 bridgehead atoms. The number of nitrogens with zero attached hydrogens (tertiary/aromatic N) is 3. The minimum Gasteiger partial charge on any atom is -0.347 e. The lowest BCUT2D eigenvalue weighted by atomic mass is 10.2. The first-order valence-corrected chi connectivity index (χ1v) is 9.64. The Morgan fingerprint density at radius 3 is 2.42 bits per heavy atom. The Balaban J connectivity index is 0.00000338. The van der Waals surface area contributed by atoms with E-state index in [-0.39, 0.29) is 36.4 Å². The minimum atomic E-state index is 0. The van der Waals surface area contributed by atoms with Crippen LogP contribution in [0.3, 0.4) is 0 Å². The van der Waals surface area contributed by atoms with Crippen LogP contribution in [0, 0.1) is 0 Å². The summed E-state index contributed by atoms with van der Waals surface area (Å²) in [6.07, 6.45) is 0. The fraction of sp³-hybridized carbons (Fsp3) is 0.333. The number of aliphatic imine (C=N–C) groups is 1. The molecule has 0 fully saturated rings. The Kier molecular flexibility index (Phi) is 10.2. The first-order chi connectivity index (χ1) is 12.0. The number of carbonyl (C=O) groups is 1. The fourth-order valence-corrected chi connectivity index (χ4v) is 3.04. The summed E-state index contributed by atoms with van der Waals surface area (Å²) >= 11 is 5.11. The maximum Gasteiger partial charge on any atom is 0.241 e. The second-order valence-electron chi connectivity index (χ2n) is 5.90. The predicted octanol–water partition coefficient (Wildman–Crippen LogP) is 3.79. The molecular formula is C18H24BrIN4OS. The molecule has 0 saturated carbocycles. The SMILES string of the molecule is CN(C)C(=O)CNC(=NCc1ccc(Br)cc1)N(C)Cc1ccsc1.I. The van der Waals surface area contributed by atoms with Crippen molar-refractivity contribution >= 4 is 63.1 Å². The van der Waals surface area contributed by atoms with Gasteiger partial charge < -0.3 is 15.1 Å². The summed E-state index contributed by atoms with van der Waals surface area (Å²) < 4.78 is 1.05. The van der Waals surface area contributed by atoms with Gasteiger partial charge in [0, 0.05) is 32.2 Å².